The van der Waals surface area contributed by atoms with Crippen LogP contribution in [0, 0.1) is 5.92 Å². The van der Waals surface area contributed by atoms with E-state index < -0.39 is 15.8 Å². The van der Waals surface area contributed by atoms with Gasteiger partial charge < -0.3 is 10.6 Å². The minimum absolute atomic E-state index is 0. The second-order valence-electron chi connectivity index (χ2n) is 7.81. The van der Waals surface area contributed by atoms with Gasteiger partial charge in [0.25, 0.3) is 0 Å². The Kier molecular flexibility index (Phi) is 7.68. The highest BCUT2D eigenvalue weighted by molar-refractivity contribution is 7.90. The van der Waals surface area contributed by atoms with Crippen molar-refractivity contribution in [2.75, 3.05) is 18.8 Å². The number of hydrogen-bond donors (Lipinski definition) is 2. The Balaban J connectivity index is 0.00000261. The first-order chi connectivity index (χ1) is 12.3. The highest BCUT2D eigenvalue weighted by Crippen LogP contribution is 2.27. The van der Waals surface area contributed by atoms with E-state index in [1.807, 2.05) is 30.3 Å². The van der Waals surface area contributed by atoms with Gasteiger partial charge in [-0.15, -0.1) is 12.4 Å². The Bertz CT molecular complexity index is 721. The lowest BCUT2D eigenvalue weighted by molar-refractivity contribution is -0.127. The van der Waals surface area contributed by atoms with Crippen molar-refractivity contribution >= 4 is 28.3 Å². The van der Waals surface area contributed by atoms with Crippen LogP contribution in [0.25, 0.3) is 0 Å². The molecule has 2 atom stereocenters. The first-order valence-electron chi connectivity index (χ1n) is 9.42. The number of likely N-dealkylation sites (tertiary alicyclic amines) is 1. The van der Waals surface area contributed by atoms with Crippen LogP contribution in [0.5, 0.6) is 0 Å². The van der Waals surface area contributed by atoms with Crippen LogP contribution in [-0.4, -0.2) is 50.2 Å². The Morgan fingerprint density at radius 2 is 1.78 bits per heavy atom. The fourth-order valence-corrected chi connectivity index (χ4v) is 5.35. The van der Waals surface area contributed by atoms with Crippen molar-refractivity contribution in [2.45, 2.75) is 50.6 Å². The van der Waals surface area contributed by atoms with Crippen LogP contribution in [0.3, 0.4) is 0 Å². The predicted molar refractivity (Wildman–Crippen MR) is 109 cm³/mol. The zero-order chi connectivity index (χ0) is 18.7. The summed E-state index contributed by atoms with van der Waals surface area (Å²) in [5.74, 6) is -0.155. The van der Waals surface area contributed by atoms with Crippen molar-refractivity contribution in [1.82, 2.24) is 9.62 Å². The van der Waals surface area contributed by atoms with Crippen LogP contribution >= 0.6 is 12.4 Å². The van der Waals surface area contributed by atoms with Crippen LogP contribution in [0.4, 0.5) is 0 Å². The summed E-state index contributed by atoms with van der Waals surface area (Å²) in [7, 11) is -3.62. The SMILES string of the molecule is CC1CCC(NS(=O)(=O)CC(=O)N2C[C@@H](N)[C@H](c3ccccc3)C2)CC1.Cl. The van der Waals surface area contributed by atoms with Gasteiger partial charge in [-0.2, -0.15) is 0 Å². The number of carbonyl (C=O) groups is 1. The summed E-state index contributed by atoms with van der Waals surface area (Å²) < 4.78 is 27.5. The van der Waals surface area contributed by atoms with Gasteiger partial charge in [-0.3, -0.25) is 4.79 Å². The van der Waals surface area contributed by atoms with Crippen molar-refractivity contribution in [3.63, 3.8) is 0 Å². The number of hydrogen-bond acceptors (Lipinski definition) is 4. The van der Waals surface area contributed by atoms with Crippen molar-refractivity contribution < 1.29 is 13.2 Å². The number of nitrogens with one attached hydrogen (secondary N) is 1. The molecule has 1 aliphatic heterocycles. The number of sulfonamides is 1. The highest BCUT2D eigenvalue weighted by Gasteiger charge is 2.35. The van der Waals surface area contributed by atoms with E-state index in [1.165, 1.54) is 0 Å². The maximum atomic E-state index is 12.5. The third kappa shape index (κ3) is 5.91. The molecule has 1 aromatic rings. The lowest BCUT2D eigenvalue weighted by Gasteiger charge is -2.27. The molecule has 2 aliphatic rings. The molecule has 0 radical (unpaired) electrons. The number of nitrogens with zero attached hydrogens (tertiary/aromatic N) is 1. The molecular formula is C19H30ClN3O3S. The standard InChI is InChI=1S/C19H29N3O3S.ClH/c1-14-7-9-16(10-8-14)21-26(24,25)13-19(23)22-11-17(18(20)12-22)15-5-3-2-4-6-15;/h2-6,14,16-18,21H,7-13,20H2,1H3;1H/t14?,16?,17-,18+;/m0./s1. The van der Waals surface area contributed by atoms with E-state index in [-0.39, 0.29) is 36.3 Å². The molecule has 27 heavy (non-hydrogen) atoms. The Morgan fingerprint density at radius 3 is 2.41 bits per heavy atom. The summed E-state index contributed by atoms with van der Waals surface area (Å²) >= 11 is 0. The number of halogens is 1. The Labute approximate surface area is 168 Å². The average Bonchev–Trinajstić information content (AvgIpc) is 2.99. The van der Waals surface area contributed by atoms with E-state index in [0.29, 0.717) is 19.0 Å². The first-order valence-corrected chi connectivity index (χ1v) is 11.1. The number of amides is 1. The van der Waals surface area contributed by atoms with Crippen LogP contribution in [-0.2, 0) is 14.8 Å². The molecule has 1 saturated carbocycles. The van der Waals surface area contributed by atoms with E-state index in [9.17, 15) is 13.2 Å². The van der Waals surface area contributed by atoms with Gasteiger partial charge in [0.2, 0.25) is 15.9 Å². The zero-order valence-corrected chi connectivity index (χ0v) is 17.3. The van der Waals surface area contributed by atoms with Crippen molar-refractivity contribution in [3.8, 4) is 0 Å². The van der Waals surface area contributed by atoms with Crippen LogP contribution < -0.4 is 10.5 Å². The second kappa shape index (κ2) is 9.37. The van der Waals surface area contributed by atoms with E-state index in [1.54, 1.807) is 4.90 Å². The maximum absolute atomic E-state index is 12.5. The molecule has 6 nitrogen and oxygen atoms in total. The Hall–Kier alpha value is -1.15. The van der Waals surface area contributed by atoms with Gasteiger partial charge >= 0.3 is 0 Å². The fourth-order valence-electron chi connectivity index (χ4n) is 4.01. The number of carbonyl (C=O) groups excluding carboxylic acids is 1. The van der Waals surface area contributed by atoms with Gasteiger partial charge in [0, 0.05) is 31.1 Å². The number of benzene rings is 1. The third-order valence-electron chi connectivity index (χ3n) is 5.62. The highest BCUT2D eigenvalue weighted by atomic mass is 35.5. The largest absolute Gasteiger partial charge is 0.340 e. The molecule has 0 bridgehead atoms. The summed E-state index contributed by atoms with van der Waals surface area (Å²) in [6.07, 6.45) is 3.75. The van der Waals surface area contributed by atoms with Crippen LogP contribution in [0.15, 0.2) is 30.3 Å². The molecule has 0 aromatic heterocycles. The van der Waals surface area contributed by atoms with Crippen molar-refractivity contribution in [2.24, 2.45) is 11.7 Å². The minimum Gasteiger partial charge on any atom is -0.340 e. The van der Waals surface area contributed by atoms with E-state index in [0.717, 1.165) is 31.2 Å². The van der Waals surface area contributed by atoms with Gasteiger partial charge in [-0.1, -0.05) is 37.3 Å². The molecule has 0 spiro atoms. The molecule has 2 fully saturated rings. The van der Waals surface area contributed by atoms with Gasteiger partial charge in [-0.05, 0) is 37.2 Å². The van der Waals surface area contributed by atoms with Gasteiger partial charge in [0.05, 0.1) is 0 Å². The van der Waals surface area contributed by atoms with E-state index >= 15 is 0 Å². The molecule has 3 rings (SSSR count). The minimum atomic E-state index is -3.62. The van der Waals surface area contributed by atoms with Crippen LogP contribution in [0.2, 0.25) is 0 Å². The lowest BCUT2D eigenvalue weighted by Crippen LogP contribution is -2.43. The molecular weight excluding hydrogens is 386 g/mol. The summed E-state index contributed by atoms with van der Waals surface area (Å²) in [5.41, 5.74) is 7.30. The molecule has 3 N–H and O–H groups in total. The predicted octanol–water partition coefficient (Wildman–Crippen LogP) is 1.86. The zero-order valence-electron chi connectivity index (χ0n) is 15.7. The number of rotatable bonds is 5. The molecule has 1 aliphatic carbocycles. The van der Waals surface area contributed by atoms with Crippen molar-refractivity contribution in [1.29, 1.82) is 0 Å². The van der Waals surface area contributed by atoms with Crippen LogP contribution in [0.1, 0.15) is 44.1 Å². The topological polar surface area (TPSA) is 92.5 Å². The quantitative estimate of drug-likeness (QED) is 0.767. The average molecular weight is 416 g/mol. The summed E-state index contributed by atoms with van der Waals surface area (Å²) in [4.78, 5) is 14.1. The second-order valence-corrected chi connectivity index (χ2v) is 9.57. The molecule has 1 saturated heterocycles. The number of nitrogens with two attached hydrogens (primary N) is 1. The summed E-state index contributed by atoms with van der Waals surface area (Å²) in [5, 5.41) is 0. The fraction of sp³-hybridized carbons (Fsp3) is 0.632. The van der Waals surface area contributed by atoms with Gasteiger partial charge in [0.1, 0.15) is 5.75 Å². The molecule has 152 valence electrons. The monoisotopic (exact) mass is 415 g/mol. The summed E-state index contributed by atoms with van der Waals surface area (Å²) in [6.45, 7) is 3.06. The lowest BCUT2D eigenvalue weighted by atomic mass is 9.88. The molecule has 1 aromatic carbocycles. The summed E-state index contributed by atoms with van der Waals surface area (Å²) in [6, 6.07) is 9.63. The smallest absolute Gasteiger partial charge is 0.239 e. The van der Waals surface area contributed by atoms with E-state index in [2.05, 4.69) is 11.6 Å². The Morgan fingerprint density at radius 1 is 1.15 bits per heavy atom. The molecule has 8 heteroatoms. The van der Waals surface area contributed by atoms with Crippen molar-refractivity contribution in [3.05, 3.63) is 35.9 Å². The van der Waals surface area contributed by atoms with Gasteiger partial charge in [-0.25, -0.2) is 13.1 Å². The van der Waals surface area contributed by atoms with E-state index in [4.69, 9.17) is 5.73 Å². The molecule has 1 amide bonds. The normalized spacial score (nSPS) is 28.6. The van der Waals surface area contributed by atoms with Gasteiger partial charge in [0.15, 0.2) is 0 Å². The first kappa shape index (κ1) is 22.1. The third-order valence-corrected chi connectivity index (χ3v) is 6.94. The maximum Gasteiger partial charge on any atom is 0.239 e. The molecule has 1 heterocycles. The molecule has 0 unspecified atom stereocenters.